The molecule has 0 amide bonds. The van der Waals surface area contributed by atoms with Gasteiger partial charge < -0.3 is 10.2 Å². The van der Waals surface area contributed by atoms with Crippen LogP contribution in [0.25, 0.3) is 0 Å². The van der Waals surface area contributed by atoms with Crippen molar-refractivity contribution in [3.63, 3.8) is 0 Å². The van der Waals surface area contributed by atoms with Crippen molar-refractivity contribution in [2.24, 2.45) is 0 Å². The Morgan fingerprint density at radius 1 is 0.722 bits per heavy atom. The Balaban J connectivity index is 3.08. The first kappa shape index (κ1) is 15.0. The van der Waals surface area contributed by atoms with Crippen molar-refractivity contribution >= 4 is 20.2 Å². The number of hydrogen-bond donors (Lipinski definition) is 4. The van der Waals surface area contributed by atoms with Crippen molar-refractivity contribution in [1.82, 2.24) is 0 Å². The quantitative estimate of drug-likeness (QED) is 0.540. The van der Waals surface area contributed by atoms with Gasteiger partial charge in [-0.3, -0.25) is 9.11 Å². The average molecular weight is 298 g/mol. The molecule has 1 aromatic rings. The molecule has 0 heterocycles. The summed E-state index contributed by atoms with van der Waals surface area (Å²) in [6.45, 7) is 0. The summed E-state index contributed by atoms with van der Waals surface area (Å²) in [6, 6.07) is 3.95. The van der Waals surface area contributed by atoms with E-state index < -0.39 is 31.1 Å². The van der Waals surface area contributed by atoms with Crippen LogP contribution < -0.4 is 0 Å². The second-order valence-corrected chi connectivity index (χ2v) is 6.35. The maximum absolute atomic E-state index is 10.6. The van der Waals surface area contributed by atoms with Gasteiger partial charge in [-0.1, -0.05) is 24.3 Å². The Bertz CT molecular complexity index is 559. The smallest absolute Gasteiger partial charge is 0.296 e. The first-order chi connectivity index (χ1) is 8.03. The Morgan fingerprint density at radius 3 is 1.11 bits per heavy atom. The highest BCUT2D eigenvalue weighted by Gasteiger charge is 2.24. The topological polar surface area (TPSA) is 149 Å². The molecule has 102 valence electrons. The lowest BCUT2D eigenvalue weighted by Crippen LogP contribution is -2.13. The first-order valence-electron chi connectivity index (χ1n) is 4.42. The summed E-state index contributed by atoms with van der Waals surface area (Å²) in [5.74, 6) is 0. The van der Waals surface area contributed by atoms with Crippen LogP contribution in [-0.4, -0.2) is 36.2 Å². The fourth-order valence-corrected chi connectivity index (χ4v) is 2.17. The lowest BCUT2D eigenvalue weighted by atomic mass is 10.1. The zero-order chi connectivity index (χ0) is 14.1. The van der Waals surface area contributed by atoms with E-state index in [-0.39, 0.29) is 11.1 Å². The summed E-state index contributed by atoms with van der Waals surface area (Å²) >= 11 is 0. The molecule has 0 radical (unpaired) electrons. The molecule has 0 aliphatic rings. The van der Waals surface area contributed by atoms with Crippen LogP contribution in [0.3, 0.4) is 0 Å². The second-order valence-electron chi connectivity index (χ2n) is 3.40. The van der Waals surface area contributed by atoms with Gasteiger partial charge in [0.1, 0.15) is 0 Å². The highest BCUT2D eigenvalue weighted by molar-refractivity contribution is 7.86. The molecule has 0 aromatic heterocycles. The van der Waals surface area contributed by atoms with Gasteiger partial charge in [0, 0.05) is 0 Å². The molecular formula is C8H10O8S2. The predicted molar refractivity (Wildman–Crippen MR) is 59.5 cm³/mol. The van der Waals surface area contributed by atoms with Crippen molar-refractivity contribution in [1.29, 1.82) is 0 Å². The summed E-state index contributed by atoms with van der Waals surface area (Å²) in [5.41, 5.74) is -4.78. The van der Waals surface area contributed by atoms with E-state index in [0.717, 1.165) is 24.3 Å². The maximum Gasteiger partial charge on any atom is 0.296 e. The molecule has 0 aliphatic carbocycles. The Labute approximate surface area is 103 Å². The van der Waals surface area contributed by atoms with E-state index >= 15 is 0 Å². The third kappa shape index (κ3) is 3.48. The summed E-state index contributed by atoms with van der Waals surface area (Å²) in [6.07, 6.45) is 0. The molecule has 18 heavy (non-hydrogen) atoms. The number of aliphatic hydroxyl groups excluding tert-OH is 2. The Hall–Kier alpha value is -1.04. The average Bonchev–Trinajstić information content (AvgIpc) is 2.25. The van der Waals surface area contributed by atoms with Crippen LogP contribution in [0.15, 0.2) is 24.3 Å². The number of aliphatic hydroxyl groups is 2. The summed E-state index contributed by atoms with van der Waals surface area (Å²) in [5, 5.41) is 18.4. The molecule has 1 aromatic carbocycles. The van der Waals surface area contributed by atoms with Gasteiger partial charge in [0.2, 0.25) is 10.9 Å². The molecule has 2 unspecified atom stereocenters. The van der Waals surface area contributed by atoms with Crippen LogP contribution >= 0.6 is 0 Å². The molecule has 1 rings (SSSR count). The molecule has 0 fully saturated rings. The van der Waals surface area contributed by atoms with E-state index in [1.54, 1.807) is 0 Å². The number of hydrogen-bond acceptors (Lipinski definition) is 6. The third-order valence-corrected chi connectivity index (χ3v) is 3.74. The van der Waals surface area contributed by atoms with E-state index in [9.17, 15) is 27.0 Å². The highest BCUT2D eigenvalue weighted by Crippen LogP contribution is 2.23. The van der Waals surface area contributed by atoms with E-state index in [2.05, 4.69) is 0 Å². The molecule has 8 nitrogen and oxygen atoms in total. The van der Waals surface area contributed by atoms with Crippen molar-refractivity contribution < 1.29 is 36.2 Å². The fraction of sp³-hybridized carbons (Fsp3) is 0.250. The summed E-state index contributed by atoms with van der Waals surface area (Å²) < 4.78 is 59.7. The molecule has 0 bridgehead atoms. The minimum absolute atomic E-state index is 0.219. The third-order valence-electron chi connectivity index (χ3n) is 2.07. The standard InChI is InChI=1S/C8H10O8S2/c9-7(17(11,12)13)5-1-2-6(4-3-5)8(10)18(14,15)16/h1-4,7-10H,(H,11,12,13)(H,14,15,16). The zero-order valence-corrected chi connectivity index (χ0v) is 10.3. The van der Waals surface area contributed by atoms with E-state index in [1.165, 1.54) is 0 Å². The number of rotatable bonds is 4. The van der Waals surface area contributed by atoms with Gasteiger partial charge in [0.15, 0.2) is 0 Å². The molecule has 0 saturated carbocycles. The van der Waals surface area contributed by atoms with E-state index in [1.807, 2.05) is 0 Å². The van der Waals surface area contributed by atoms with Gasteiger partial charge in [-0.05, 0) is 11.1 Å². The molecule has 2 atom stereocenters. The van der Waals surface area contributed by atoms with Crippen molar-refractivity contribution in [2.75, 3.05) is 0 Å². The summed E-state index contributed by atoms with van der Waals surface area (Å²) in [7, 11) is -9.38. The monoisotopic (exact) mass is 298 g/mol. The van der Waals surface area contributed by atoms with Gasteiger partial charge in [-0.2, -0.15) is 16.8 Å². The second kappa shape index (κ2) is 4.91. The van der Waals surface area contributed by atoms with Gasteiger partial charge in [0.05, 0.1) is 0 Å². The van der Waals surface area contributed by atoms with Gasteiger partial charge in [-0.15, -0.1) is 0 Å². The molecule has 0 spiro atoms. The summed E-state index contributed by atoms with van der Waals surface area (Å²) in [4.78, 5) is 0. The van der Waals surface area contributed by atoms with Gasteiger partial charge in [-0.25, -0.2) is 0 Å². The molecule has 10 heteroatoms. The first-order valence-corrected chi connectivity index (χ1v) is 7.42. The minimum atomic E-state index is -4.69. The maximum atomic E-state index is 10.6. The molecule has 0 saturated heterocycles. The normalized spacial score (nSPS) is 16.2. The lowest BCUT2D eigenvalue weighted by Gasteiger charge is -2.10. The number of benzene rings is 1. The largest absolute Gasteiger partial charge is 0.371 e. The van der Waals surface area contributed by atoms with Crippen molar-refractivity contribution in [2.45, 2.75) is 10.9 Å². The fourth-order valence-electron chi connectivity index (χ4n) is 1.17. The van der Waals surface area contributed by atoms with Crippen LogP contribution in [-0.2, 0) is 20.2 Å². The van der Waals surface area contributed by atoms with Crippen molar-refractivity contribution in [3.05, 3.63) is 35.4 Å². The Morgan fingerprint density at radius 2 is 0.944 bits per heavy atom. The van der Waals surface area contributed by atoms with E-state index in [0.29, 0.717) is 0 Å². The van der Waals surface area contributed by atoms with Crippen molar-refractivity contribution in [3.8, 4) is 0 Å². The molecule has 0 aliphatic heterocycles. The Kier molecular flexibility index (Phi) is 4.10. The van der Waals surface area contributed by atoms with Gasteiger partial charge in [0.25, 0.3) is 20.2 Å². The van der Waals surface area contributed by atoms with Crippen LogP contribution in [0.2, 0.25) is 0 Å². The highest BCUT2D eigenvalue weighted by atomic mass is 32.2. The van der Waals surface area contributed by atoms with E-state index in [4.69, 9.17) is 9.11 Å². The lowest BCUT2D eigenvalue weighted by molar-refractivity contribution is 0.235. The molecular weight excluding hydrogens is 288 g/mol. The van der Waals surface area contributed by atoms with Crippen LogP contribution in [0, 0.1) is 0 Å². The zero-order valence-electron chi connectivity index (χ0n) is 8.70. The van der Waals surface area contributed by atoms with Gasteiger partial charge >= 0.3 is 0 Å². The van der Waals surface area contributed by atoms with Crippen LogP contribution in [0.1, 0.15) is 22.0 Å². The SMILES string of the molecule is O=S(=O)(O)C(O)c1ccc(C(O)S(=O)(=O)O)cc1. The van der Waals surface area contributed by atoms with Crippen LogP contribution in [0.5, 0.6) is 0 Å². The molecule has 4 N–H and O–H groups in total. The predicted octanol–water partition coefficient (Wildman–Crippen LogP) is -0.556. The minimum Gasteiger partial charge on any atom is -0.371 e. The van der Waals surface area contributed by atoms with Crippen LogP contribution in [0.4, 0.5) is 0 Å².